The highest BCUT2D eigenvalue weighted by atomic mass is 35.5. The smallest absolute Gasteiger partial charge is 0.306 e. The van der Waals surface area contributed by atoms with Crippen LogP contribution in [0.25, 0.3) is 11.4 Å². The zero-order valence-corrected chi connectivity index (χ0v) is 20.6. The fraction of sp³-hybridized carbons (Fsp3) is 0.0400. The Balaban J connectivity index is 1.37. The minimum atomic E-state index is -0.539. The first kappa shape index (κ1) is 24.2. The third-order valence-electron chi connectivity index (χ3n) is 5.47. The number of carbonyl (C=O) groups is 1. The minimum Gasteiger partial charge on any atom is -0.306 e. The van der Waals surface area contributed by atoms with Crippen LogP contribution in [0.15, 0.2) is 94.6 Å². The lowest BCUT2D eigenvalue weighted by atomic mass is 10.2. The number of aromatic nitrogens is 5. The number of nitrogens with zero attached hydrogens (tertiary/aromatic N) is 4. The molecule has 3 aromatic carbocycles. The summed E-state index contributed by atoms with van der Waals surface area (Å²) < 4.78 is 3.83. The molecular formula is C25H19Cl2N7O3. The highest BCUT2D eigenvalue weighted by molar-refractivity contribution is 6.44. The fourth-order valence-electron chi connectivity index (χ4n) is 3.75. The number of hydrogen-bond donors (Lipinski definition) is 3. The normalized spacial score (nSPS) is 10.9. The molecule has 10 nitrogen and oxygen atoms in total. The molecule has 0 aliphatic carbocycles. The molecule has 5 rings (SSSR count). The van der Waals surface area contributed by atoms with Gasteiger partial charge in [-0.05, 0) is 42.0 Å². The molecule has 0 spiro atoms. The Morgan fingerprint density at radius 2 is 1.65 bits per heavy atom. The van der Waals surface area contributed by atoms with Gasteiger partial charge in [-0.25, -0.2) is 33.4 Å². The lowest BCUT2D eigenvalue weighted by Gasteiger charge is -2.12. The molecule has 0 aliphatic rings. The maximum atomic E-state index is 12.9. The second-order valence-electron chi connectivity index (χ2n) is 7.94. The van der Waals surface area contributed by atoms with Gasteiger partial charge in [0.25, 0.3) is 0 Å². The SMILES string of the molecule is O=C(Nc1cccc(Cl)c1Cl)Nc1ccnn1-c1cccc(Cn2c(=O)[nH]n(-c3ccccc3)c2=O)c1. The van der Waals surface area contributed by atoms with E-state index in [4.69, 9.17) is 23.2 Å². The zero-order valence-electron chi connectivity index (χ0n) is 19.1. The molecule has 0 aliphatic heterocycles. The Hall–Kier alpha value is -4.54. The number of urea groups is 1. The van der Waals surface area contributed by atoms with Gasteiger partial charge in [-0.3, -0.25) is 5.32 Å². The predicted octanol–water partition coefficient (Wildman–Crippen LogP) is 4.51. The van der Waals surface area contributed by atoms with Gasteiger partial charge in [0, 0.05) is 6.07 Å². The van der Waals surface area contributed by atoms with Crippen molar-refractivity contribution in [1.29, 1.82) is 0 Å². The summed E-state index contributed by atoms with van der Waals surface area (Å²) >= 11 is 12.2. The number of nitrogens with one attached hydrogen (secondary N) is 3. The standard InChI is InChI=1S/C25H19Cl2N7O3/c26-19-10-5-11-20(22(19)27)29-23(35)30-21-12-13-28-33(21)18-9-4-6-16(14-18)15-32-24(36)31-34(25(32)37)17-7-2-1-3-8-17/h1-14H,15H2,(H,31,36)(H2,29,30,35). The number of rotatable bonds is 6. The summed E-state index contributed by atoms with van der Waals surface area (Å²) in [6, 6.07) is 22.0. The Morgan fingerprint density at radius 3 is 2.46 bits per heavy atom. The molecule has 3 N–H and O–H groups in total. The van der Waals surface area contributed by atoms with Crippen molar-refractivity contribution >= 4 is 40.7 Å². The average Bonchev–Trinajstić information content (AvgIpc) is 3.47. The van der Waals surface area contributed by atoms with Gasteiger partial charge in [-0.15, -0.1) is 0 Å². The largest absolute Gasteiger partial charge is 0.352 e. The van der Waals surface area contributed by atoms with Gasteiger partial charge in [0.2, 0.25) is 0 Å². The highest BCUT2D eigenvalue weighted by Crippen LogP contribution is 2.29. The van der Waals surface area contributed by atoms with Crippen LogP contribution in [0.1, 0.15) is 5.56 Å². The molecule has 2 amide bonds. The van der Waals surface area contributed by atoms with Crippen LogP contribution in [0, 0.1) is 0 Å². The van der Waals surface area contributed by atoms with Gasteiger partial charge < -0.3 is 5.32 Å². The summed E-state index contributed by atoms with van der Waals surface area (Å²) in [4.78, 5) is 38.0. The number of aromatic amines is 1. The van der Waals surface area contributed by atoms with Crippen molar-refractivity contribution < 1.29 is 4.79 Å². The fourth-order valence-corrected chi connectivity index (χ4v) is 4.09. The monoisotopic (exact) mass is 535 g/mol. The molecular weight excluding hydrogens is 517 g/mol. The van der Waals surface area contributed by atoms with Crippen LogP contribution in [0.2, 0.25) is 10.0 Å². The number of carbonyl (C=O) groups excluding carboxylic acids is 1. The van der Waals surface area contributed by atoms with E-state index in [0.717, 1.165) is 4.57 Å². The van der Waals surface area contributed by atoms with E-state index in [0.29, 0.717) is 33.5 Å². The second-order valence-corrected chi connectivity index (χ2v) is 8.72. The Bertz CT molecular complexity index is 1700. The first-order valence-electron chi connectivity index (χ1n) is 11.0. The number of halogens is 2. The number of benzene rings is 3. The summed E-state index contributed by atoms with van der Waals surface area (Å²) in [7, 11) is 0. The summed E-state index contributed by atoms with van der Waals surface area (Å²) in [6.45, 7) is 0.0413. The molecule has 0 atom stereocenters. The molecule has 0 unspecified atom stereocenters. The Kier molecular flexibility index (Phi) is 6.67. The third kappa shape index (κ3) is 5.06. The quantitative estimate of drug-likeness (QED) is 0.296. The average molecular weight is 536 g/mol. The van der Waals surface area contributed by atoms with Crippen molar-refractivity contribution in [3.05, 3.63) is 122 Å². The van der Waals surface area contributed by atoms with E-state index >= 15 is 0 Å². The van der Waals surface area contributed by atoms with Crippen LogP contribution >= 0.6 is 23.2 Å². The highest BCUT2D eigenvalue weighted by Gasteiger charge is 2.14. The molecule has 2 aromatic heterocycles. The molecule has 2 heterocycles. The predicted molar refractivity (Wildman–Crippen MR) is 142 cm³/mol. The molecule has 5 aromatic rings. The van der Waals surface area contributed by atoms with Gasteiger partial charge in [-0.1, -0.05) is 59.6 Å². The van der Waals surface area contributed by atoms with E-state index in [9.17, 15) is 14.4 Å². The Morgan fingerprint density at radius 1 is 0.892 bits per heavy atom. The summed E-state index contributed by atoms with van der Waals surface area (Å²) in [5.74, 6) is 0.387. The third-order valence-corrected chi connectivity index (χ3v) is 6.29. The molecule has 0 saturated heterocycles. The van der Waals surface area contributed by atoms with Gasteiger partial charge in [0.1, 0.15) is 5.82 Å². The number of H-pyrrole nitrogens is 1. The van der Waals surface area contributed by atoms with Crippen LogP contribution in [0.3, 0.4) is 0 Å². The number of hydrogen-bond acceptors (Lipinski definition) is 4. The van der Waals surface area contributed by atoms with Gasteiger partial charge >= 0.3 is 17.4 Å². The van der Waals surface area contributed by atoms with E-state index in [1.807, 2.05) is 6.07 Å². The second kappa shape index (κ2) is 10.2. The molecule has 0 fully saturated rings. The summed E-state index contributed by atoms with van der Waals surface area (Å²) in [5.41, 5.74) is 1.20. The molecule has 0 bridgehead atoms. The van der Waals surface area contributed by atoms with Crippen molar-refractivity contribution in [2.75, 3.05) is 10.6 Å². The summed E-state index contributed by atoms with van der Waals surface area (Å²) in [6.07, 6.45) is 1.53. The van der Waals surface area contributed by atoms with Gasteiger partial charge in [0.05, 0.1) is 39.8 Å². The van der Waals surface area contributed by atoms with E-state index < -0.39 is 17.4 Å². The molecule has 0 saturated carbocycles. The van der Waals surface area contributed by atoms with Crippen LogP contribution in [0.5, 0.6) is 0 Å². The van der Waals surface area contributed by atoms with Crippen molar-refractivity contribution in [2.45, 2.75) is 6.54 Å². The van der Waals surface area contributed by atoms with Crippen molar-refractivity contribution in [1.82, 2.24) is 24.1 Å². The van der Waals surface area contributed by atoms with Crippen LogP contribution in [0.4, 0.5) is 16.3 Å². The van der Waals surface area contributed by atoms with Gasteiger partial charge in [-0.2, -0.15) is 5.10 Å². The van der Waals surface area contributed by atoms with Crippen molar-refractivity contribution in [3.8, 4) is 11.4 Å². The van der Waals surface area contributed by atoms with Crippen LogP contribution in [-0.2, 0) is 6.54 Å². The number of anilines is 2. The number of para-hydroxylation sites is 1. The maximum Gasteiger partial charge on any atom is 0.352 e. The maximum absolute atomic E-state index is 12.9. The minimum absolute atomic E-state index is 0.0413. The van der Waals surface area contributed by atoms with Crippen LogP contribution in [-0.4, -0.2) is 30.2 Å². The first-order chi connectivity index (χ1) is 17.9. The molecule has 186 valence electrons. The van der Waals surface area contributed by atoms with Crippen molar-refractivity contribution in [2.24, 2.45) is 0 Å². The van der Waals surface area contributed by atoms with E-state index in [2.05, 4.69) is 20.8 Å². The molecule has 37 heavy (non-hydrogen) atoms. The van der Waals surface area contributed by atoms with Gasteiger partial charge in [0.15, 0.2) is 0 Å². The first-order valence-corrected chi connectivity index (χ1v) is 11.8. The van der Waals surface area contributed by atoms with Crippen molar-refractivity contribution in [3.63, 3.8) is 0 Å². The van der Waals surface area contributed by atoms with E-state index in [1.54, 1.807) is 72.8 Å². The topological polar surface area (TPSA) is 119 Å². The lowest BCUT2D eigenvalue weighted by molar-refractivity contribution is 0.262. The Labute approximate surface area is 219 Å². The molecule has 0 radical (unpaired) electrons. The van der Waals surface area contributed by atoms with E-state index in [1.165, 1.54) is 15.6 Å². The zero-order chi connectivity index (χ0) is 25.9. The lowest BCUT2D eigenvalue weighted by Crippen LogP contribution is -2.29. The van der Waals surface area contributed by atoms with Crippen LogP contribution < -0.4 is 22.0 Å². The molecule has 12 heteroatoms. The number of amides is 2. The van der Waals surface area contributed by atoms with E-state index in [-0.39, 0.29) is 11.6 Å². The summed E-state index contributed by atoms with van der Waals surface area (Å²) in [5, 5.41) is 12.8.